The molecule has 1 amide bonds. The van der Waals surface area contributed by atoms with Crippen LogP contribution in [0, 0.1) is 6.92 Å². The lowest BCUT2D eigenvalue weighted by atomic mass is 9.95. The first kappa shape index (κ1) is 20.1. The summed E-state index contributed by atoms with van der Waals surface area (Å²) in [7, 11) is 0. The summed E-state index contributed by atoms with van der Waals surface area (Å²) in [5.41, 5.74) is 2.63. The van der Waals surface area contributed by atoms with E-state index in [4.69, 9.17) is 0 Å². The Labute approximate surface area is 175 Å². The van der Waals surface area contributed by atoms with Gasteiger partial charge in [-0.2, -0.15) is 5.10 Å². The third-order valence-corrected chi connectivity index (χ3v) is 5.93. The molecule has 3 aromatic rings. The van der Waals surface area contributed by atoms with Crippen LogP contribution in [0.3, 0.4) is 0 Å². The molecular formula is C23H27N5O2. The molecule has 0 spiro atoms. The SMILES string of the molecule is Cc1ccn(-c2cccc(C(C)C)c2)c(=O)c1C(=O)N1CCC(c2ncn[nH]2)CC1. The summed E-state index contributed by atoms with van der Waals surface area (Å²) < 4.78 is 1.58. The Morgan fingerprint density at radius 2 is 1.97 bits per heavy atom. The second-order valence-corrected chi connectivity index (χ2v) is 8.24. The van der Waals surface area contributed by atoms with Crippen molar-refractivity contribution in [2.45, 2.75) is 45.4 Å². The largest absolute Gasteiger partial charge is 0.338 e. The molecule has 0 bridgehead atoms. The van der Waals surface area contributed by atoms with Gasteiger partial charge in [-0.15, -0.1) is 0 Å². The maximum Gasteiger partial charge on any atom is 0.268 e. The number of carbonyl (C=O) groups excluding carboxylic acids is 1. The standard InChI is InChI=1S/C23H27N5O2/c1-15(2)18-5-4-6-19(13-18)28-12-7-16(3)20(23(28)30)22(29)27-10-8-17(9-11-27)21-24-14-25-26-21/h4-7,12-15,17H,8-11H2,1-3H3,(H,24,25,26). The zero-order chi connectivity index (χ0) is 21.3. The first-order valence-corrected chi connectivity index (χ1v) is 10.4. The van der Waals surface area contributed by atoms with Gasteiger partial charge in [-0.05, 0) is 55.0 Å². The van der Waals surface area contributed by atoms with E-state index in [0.717, 1.165) is 29.9 Å². The van der Waals surface area contributed by atoms with Crippen LogP contribution in [0.4, 0.5) is 0 Å². The second kappa shape index (κ2) is 8.26. The summed E-state index contributed by atoms with van der Waals surface area (Å²) in [5, 5.41) is 6.84. The van der Waals surface area contributed by atoms with Gasteiger partial charge in [0.25, 0.3) is 11.5 Å². The molecule has 30 heavy (non-hydrogen) atoms. The van der Waals surface area contributed by atoms with E-state index < -0.39 is 0 Å². The molecule has 1 saturated heterocycles. The average molecular weight is 406 g/mol. The molecule has 156 valence electrons. The quantitative estimate of drug-likeness (QED) is 0.721. The second-order valence-electron chi connectivity index (χ2n) is 8.24. The van der Waals surface area contributed by atoms with E-state index in [1.807, 2.05) is 31.2 Å². The van der Waals surface area contributed by atoms with Crippen molar-refractivity contribution in [1.82, 2.24) is 24.6 Å². The Bertz CT molecular complexity index is 1090. The number of piperidine rings is 1. The molecule has 0 unspecified atom stereocenters. The van der Waals surface area contributed by atoms with Crippen molar-refractivity contribution in [3.63, 3.8) is 0 Å². The highest BCUT2D eigenvalue weighted by Gasteiger charge is 2.28. The van der Waals surface area contributed by atoms with Gasteiger partial charge in [-0.3, -0.25) is 19.3 Å². The van der Waals surface area contributed by atoms with Gasteiger partial charge in [0.05, 0.1) is 0 Å². The average Bonchev–Trinajstić information content (AvgIpc) is 3.29. The molecule has 3 heterocycles. The number of aryl methyl sites for hydroxylation is 1. The van der Waals surface area contributed by atoms with Gasteiger partial charge in [-0.25, -0.2) is 4.98 Å². The predicted molar refractivity (Wildman–Crippen MR) is 115 cm³/mol. The highest BCUT2D eigenvalue weighted by atomic mass is 16.2. The molecule has 4 rings (SSSR count). The minimum atomic E-state index is -0.265. The number of aromatic amines is 1. The van der Waals surface area contributed by atoms with Crippen molar-refractivity contribution in [2.75, 3.05) is 13.1 Å². The number of carbonyl (C=O) groups is 1. The first-order valence-electron chi connectivity index (χ1n) is 10.4. The fraction of sp³-hybridized carbons (Fsp3) is 0.391. The van der Waals surface area contributed by atoms with Crippen LogP contribution in [0.25, 0.3) is 5.69 Å². The van der Waals surface area contributed by atoms with Gasteiger partial charge in [-0.1, -0.05) is 26.0 Å². The third-order valence-electron chi connectivity index (χ3n) is 5.93. The van der Waals surface area contributed by atoms with Gasteiger partial charge < -0.3 is 4.90 Å². The number of aromatic nitrogens is 4. The van der Waals surface area contributed by atoms with E-state index in [0.29, 0.717) is 24.6 Å². The molecule has 0 radical (unpaired) electrons. The number of hydrogen-bond donors (Lipinski definition) is 1. The van der Waals surface area contributed by atoms with Crippen LogP contribution in [0.15, 0.2) is 47.7 Å². The van der Waals surface area contributed by atoms with E-state index in [9.17, 15) is 9.59 Å². The van der Waals surface area contributed by atoms with Crippen LogP contribution < -0.4 is 5.56 Å². The molecule has 0 saturated carbocycles. The van der Waals surface area contributed by atoms with E-state index in [2.05, 4.69) is 35.1 Å². The zero-order valence-electron chi connectivity index (χ0n) is 17.6. The minimum Gasteiger partial charge on any atom is -0.338 e. The Morgan fingerprint density at radius 1 is 1.20 bits per heavy atom. The van der Waals surface area contributed by atoms with Crippen molar-refractivity contribution in [3.8, 4) is 5.69 Å². The summed E-state index contributed by atoms with van der Waals surface area (Å²) >= 11 is 0. The van der Waals surface area contributed by atoms with Crippen LogP contribution >= 0.6 is 0 Å². The van der Waals surface area contributed by atoms with E-state index in [1.165, 1.54) is 6.33 Å². The monoisotopic (exact) mass is 405 g/mol. The van der Waals surface area contributed by atoms with Crippen LogP contribution in [0.1, 0.15) is 65.8 Å². The molecule has 0 aliphatic carbocycles. The predicted octanol–water partition coefficient (Wildman–Crippen LogP) is 3.41. The number of nitrogens with zero attached hydrogens (tertiary/aromatic N) is 4. The molecule has 1 aliphatic heterocycles. The van der Waals surface area contributed by atoms with Crippen LogP contribution in [0.5, 0.6) is 0 Å². The summed E-state index contributed by atoms with van der Waals surface area (Å²) in [6.45, 7) is 7.26. The van der Waals surface area contributed by atoms with Crippen LogP contribution in [-0.2, 0) is 0 Å². The maximum atomic E-state index is 13.3. The van der Waals surface area contributed by atoms with Gasteiger partial charge in [0.1, 0.15) is 17.7 Å². The molecule has 0 atom stereocenters. The number of rotatable bonds is 4. The minimum absolute atomic E-state index is 0.192. The molecule has 7 nitrogen and oxygen atoms in total. The number of likely N-dealkylation sites (tertiary alicyclic amines) is 1. The number of nitrogens with one attached hydrogen (secondary N) is 1. The molecule has 1 aliphatic rings. The summed E-state index contributed by atoms with van der Waals surface area (Å²) in [6.07, 6.45) is 4.87. The van der Waals surface area contributed by atoms with Gasteiger partial charge in [0, 0.05) is 30.9 Å². The number of amides is 1. The van der Waals surface area contributed by atoms with Crippen LogP contribution in [-0.4, -0.2) is 43.6 Å². The molecule has 1 N–H and O–H groups in total. The normalized spacial score (nSPS) is 15.0. The third kappa shape index (κ3) is 3.79. The van der Waals surface area contributed by atoms with Gasteiger partial charge >= 0.3 is 0 Å². The lowest BCUT2D eigenvalue weighted by Crippen LogP contribution is -2.41. The fourth-order valence-electron chi connectivity index (χ4n) is 4.05. The molecule has 1 aromatic carbocycles. The fourth-order valence-corrected chi connectivity index (χ4v) is 4.05. The molecule has 7 heteroatoms. The van der Waals surface area contributed by atoms with E-state index >= 15 is 0 Å². The van der Waals surface area contributed by atoms with E-state index in [-0.39, 0.29) is 22.9 Å². The van der Waals surface area contributed by atoms with Crippen molar-refractivity contribution < 1.29 is 4.79 Å². The summed E-state index contributed by atoms with van der Waals surface area (Å²) in [4.78, 5) is 32.6. The molecular weight excluding hydrogens is 378 g/mol. The highest BCUT2D eigenvalue weighted by Crippen LogP contribution is 2.26. The van der Waals surface area contributed by atoms with Crippen molar-refractivity contribution in [1.29, 1.82) is 0 Å². The molecule has 1 fully saturated rings. The maximum absolute atomic E-state index is 13.3. The molecule has 2 aromatic heterocycles. The lowest BCUT2D eigenvalue weighted by Gasteiger charge is -2.31. The Hall–Kier alpha value is -3.22. The number of benzene rings is 1. The number of hydrogen-bond acceptors (Lipinski definition) is 4. The van der Waals surface area contributed by atoms with Crippen molar-refractivity contribution in [3.05, 3.63) is 75.7 Å². The van der Waals surface area contributed by atoms with Crippen molar-refractivity contribution >= 4 is 5.91 Å². The van der Waals surface area contributed by atoms with Gasteiger partial charge in [0.2, 0.25) is 0 Å². The highest BCUT2D eigenvalue weighted by molar-refractivity contribution is 5.95. The first-order chi connectivity index (χ1) is 14.5. The Kier molecular flexibility index (Phi) is 5.53. The Morgan fingerprint density at radius 3 is 2.63 bits per heavy atom. The Balaban J connectivity index is 1.60. The van der Waals surface area contributed by atoms with Gasteiger partial charge in [0.15, 0.2) is 0 Å². The topological polar surface area (TPSA) is 83.9 Å². The summed E-state index contributed by atoms with van der Waals surface area (Å²) in [6, 6.07) is 9.77. The lowest BCUT2D eigenvalue weighted by molar-refractivity contribution is 0.0708. The number of pyridine rings is 1. The smallest absolute Gasteiger partial charge is 0.268 e. The summed E-state index contributed by atoms with van der Waals surface area (Å²) in [5.74, 6) is 1.30. The van der Waals surface area contributed by atoms with E-state index in [1.54, 1.807) is 15.7 Å². The van der Waals surface area contributed by atoms with Crippen molar-refractivity contribution in [2.24, 2.45) is 0 Å². The number of H-pyrrole nitrogens is 1. The zero-order valence-corrected chi connectivity index (χ0v) is 17.6. The van der Waals surface area contributed by atoms with Crippen LogP contribution in [0.2, 0.25) is 0 Å².